The monoisotopic (exact) mass is 223 g/mol. The zero-order valence-electron chi connectivity index (χ0n) is 10.4. The molecule has 0 saturated carbocycles. The topological polar surface area (TPSA) is 39.1 Å². The largest absolute Gasteiger partial charge is 0.379 e. The molecule has 90 valence electrons. The molecule has 1 aliphatic heterocycles. The van der Waals surface area contributed by atoms with Gasteiger partial charge in [-0.15, -0.1) is 0 Å². The lowest BCUT2D eigenvalue weighted by Gasteiger charge is -2.23. The van der Waals surface area contributed by atoms with Crippen LogP contribution >= 0.6 is 0 Å². The third kappa shape index (κ3) is 2.44. The van der Waals surface area contributed by atoms with Crippen molar-refractivity contribution in [1.82, 2.24) is 15.1 Å². The molecule has 2 heterocycles. The number of nitrogens with one attached hydrogen (secondary N) is 1. The van der Waals surface area contributed by atoms with Crippen molar-refractivity contribution in [3.05, 3.63) is 17.5 Å². The SMILES string of the molecule is CCn1nc(C)cc1CNC1(C)CCOC1. The van der Waals surface area contributed by atoms with Gasteiger partial charge in [0.1, 0.15) is 0 Å². The summed E-state index contributed by atoms with van der Waals surface area (Å²) in [6.07, 6.45) is 1.09. The van der Waals surface area contributed by atoms with E-state index in [1.54, 1.807) is 0 Å². The van der Waals surface area contributed by atoms with E-state index in [9.17, 15) is 0 Å². The van der Waals surface area contributed by atoms with E-state index in [1.165, 1.54) is 5.69 Å². The first-order chi connectivity index (χ1) is 7.63. The second-order valence-corrected chi connectivity index (χ2v) is 4.81. The zero-order chi connectivity index (χ0) is 11.6. The van der Waals surface area contributed by atoms with Crippen LogP contribution in [0.25, 0.3) is 0 Å². The molecule has 0 aliphatic carbocycles. The van der Waals surface area contributed by atoms with Crippen molar-refractivity contribution in [1.29, 1.82) is 0 Å². The van der Waals surface area contributed by atoms with Crippen LogP contribution in [0.3, 0.4) is 0 Å². The second kappa shape index (κ2) is 4.55. The van der Waals surface area contributed by atoms with Gasteiger partial charge in [0.25, 0.3) is 0 Å². The van der Waals surface area contributed by atoms with Crippen LogP contribution in [-0.2, 0) is 17.8 Å². The lowest BCUT2D eigenvalue weighted by Crippen LogP contribution is -2.42. The minimum Gasteiger partial charge on any atom is -0.379 e. The van der Waals surface area contributed by atoms with Crippen LogP contribution in [0, 0.1) is 6.92 Å². The van der Waals surface area contributed by atoms with Crippen molar-refractivity contribution in [2.75, 3.05) is 13.2 Å². The molecule has 0 aromatic carbocycles. The molecule has 1 saturated heterocycles. The first-order valence-electron chi connectivity index (χ1n) is 5.99. The predicted molar refractivity (Wildman–Crippen MR) is 63.3 cm³/mol. The van der Waals surface area contributed by atoms with E-state index in [4.69, 9.17) is 4.74 Å². The molecule has 0 bridgehead atoms. The van der Waals surface area contributed by atoms with E-state index < -0.39 is 0 Å². The Hall–Kier alpha value is -0.870. The van der Waals surface area contributed by atoms with E-state index in [2.05, 4.69) is 35.0 Å². The van der Waals surface area contributed by atoms with Gasteiger partial charge in [-0.05, 0) is 33.3 Å². The average molecular weight is 223 g/mol. The van der Waals surface area contributed by atoms with Gasteiger partial charge in [-0.2, -0.15) is 5.10 Å². The summed E-state index contributed by atoms with van der Waals surface area (Å²) in [4.78, 5) is 0. The van der Waals surface area contributed by atoms with Crippen molar-refractivity contribution in [3.8, 4) is 0 Å². The van der Waals surface area contributed by atoms with Gasteiger partial charge in [-0.3, -0.25) is 4.68 Å². The van der Waals surface area contributed by atoms with E-state index in [0.29, 0.717) is 0 Å². The third-order valence-electron chi connectivity index (χ3n) is 3.20. The Morgan fingerprint density at radius 3 is 3.06 bits per heavy atom. The first-order valence-corrected chi connectivity index (χ1v) is 5.99. The lowest BCUT2D eigenvalue weighted by molar-refractivity contribution is 0.171. The molecule has 1 fully saturated rings. The van der Waals surface area contributed by atoms with Crippen molar-refractivity contribution < 1.29 is 4.74 Å². The highest BCUT2D eigenvalue weighted by Crippen LogP contribution is 2.18. The number of aryl methyl sites for hydroxylation is 2. The molecule has 4 nitrogen and oxygen atoms in total. The Morgan fingerprint density at radius 1 is 1.62 bits per heavy atom. The van der Waals surface area contributed by atoms with Crippen LogP contribution in [0.2, 0.25) is 0 Å². The standard InChI is InChI=1S/C12H21N3O/c1-4-15-11(7-10(2)14-15)8-13-12(3)5-6-16-9-12/h7,13H,4-6,8-9H2,1-3H3. The highest BCUT2D eigenvalue weighted by Gasteiger charge is 2.29. The molecule has 2 rings (SSSR count). The molecule has 1 N–H and O–H groups in total. The molecule has 0 radical (unpaired) electrons. The van der Waals surface area contributed by atoms with Gasteiger partial charge in [0.05, 0.1) is 18.0 Å². The maximum absolute atomic E-state index is 5.43. The highest BCUT2D eigenvalue weighted by molar-refractivity contribution is 5.09. The van der Waals surface area contributed by atoms with Gasteiger partial charge in [0.2, 0.25) is 0 Å². The molecule has 1 aliphatic rings. The first kappa shape index (κ1) is 11.6. The maximum Gasteiger partial charge on any atom is 0.0646 e. The normalized spacial score (nSPS) is 25.2. The summed E-state index contributed by atoms with van der Waals surface area (Å²) in [5.41, 5.74) is 2.48. The fourth-order valence-corrected chi connectivity index (χ4v) is 2.13. The van der Waals surface area contributed by atoms with Gasteiger partial charge >= 0.3 is 0 Å². The number of hydrogen-bond donors (Lipinski definition) is 1. The predicted octanol–water partition coefficient (Wildman–Crippen LogP) is 1.48. The molecule has 0 amide bonds. The molecule has 16 heavy (non-hydrogen) atoms. The van der Waals surface area contributed by atoms with Crippen LogP contribution in [-0.4, -0.2) is 28.5 Å². The number of aromatic nitrogens is 2. The Morgan fingerprint density at radius 2 is 2.44 bits per heavy atom. The number of hydrogen-bond acceptors (Lipinski definition) is 3. The summed E-state index contributed by atoms with van der Waals surface area (Å²) in [7, 11) is 0. The van der Waals surface area contributed by atoms with Gasteiger partial charge < -0.3 is 10.1 Å². The summed E-state index contributed by atoms with van der Waals surface area (Å²) in [5.74, 6) is 0. The van der Waals surface area contributed by atoms with Crippen molar-refractivity contribution in [2.45, 2.75) is 45.8 Å². The van der Waals surface area contributed by atoms with Crippen molar-refractivity contribution in [3.63, 3.8) is 0 Å². The Labute approximate surface area is 97.0 Å². The molecule has 4 heteroatoms. The summed E-state index contributed by atoms with van der Waals surface area (Å²) in [6.45, 7) is 9.86. The fourth-order valence-electron chi connectivity index (χ4n) is 2.13. The van der Waals surface area contributed by atoms with Crippen LogP contribution < -0.4 is 5.32 Å². The minimum atomic E-state index is 0.136. The van der Waals surface area contributed by atoms with Crippen LogP contribution in [0.5, 0.6) is 0 Å². The van der Waals surface area contributed by atoms with Gasteiger partial charge in [-0.1, -0.05) is 0 Å². The molecule has 1 atom stereocenters. The summed E-state index contributed by atoms with van der Waals surface area (Å²) in [6, 6.07) is 2.15. The quantitative estimate of drug-likeness (QED) is 0.840. The van der Waals surface area contributed by atoms with Crippen LogP contribution in [0.15, 0.2) is 6.07 Å². The van der Waals surface area contributed by atoms with E-state index >= 15 is 0 Å². The number of nitrogens with zero attached hydrogens (tertiary/aromatic N) is 2. The summed E-state index contributed by atoms with van der Waals surface area (Å²) < 4.78 is 7.48. The molecule has 1 unspecified atom stereocenters. The van der Waals surface area contributed by atoms with Crippen molar-refractivity contribution >= 4 is 0 Å². The van der Waals surface area contributed by atoms with E-state index in [0.717, 1.165) is 38.4 Å². The summed E-state index contributed by atoms with van der Waals surface area (Å²) in [5, 5.41) is 8.02. The minimum absolute atomic E-state index is 0.136. The Bertz CT molecular complexity index is 353. The van der Waals surface area contributed by atoms with E-state index in [1.807, 2.05) is 6.92 Å². The van der Waals surface area contributed by atoms with E-state index in [-0.39, 0.29) is 5.54 Å². The molecule has 0 spiro atoms. The molecular formula is C12H21N3O. The fraction of sp³-hybridized carbons (Fsp3) is 0.750. The lowest BCUT2D eigenvalue weighted by atomic mass is 10.0. The number of ether oxygens (including phenoxy) is 1. The zero-order valence-corrected chi connectivity index (χ0v) is 10.4. The van der Waals surface area contributed by atoms with Gasteiger partial charge in [-0.25, -0.2) is 0 Å². The third-order valence-corrected chi connectivity index (χ3v) is 3.20. The average Bonchev–Trinajstić information content (AvgIpc) is 2.82. The van der Waals surface area contributed by atoms with Crippen molar-refractivity contribution in [2.24, 2.45) is 0 Å². The Balaban J connectivity index is 1.98. The number of rotatable bonds is 4. The molecule has 1 aromatic rings. The second-order valence-electron chi connectivity index (χ2n) is 4.81. The highest BCUT2D eigenvalue weighted by atomic mass is 16.5. The molecule has 1 aromatic heterocycles. The Kier molecular flexibility index (Phi) is 3.30. The van der Waals surface area contributed by atoms with Gasteiger partial charge in [0.15, 0.2) is 0 Å². The molecular weight excluding hydrogens is 202 g/mol. The summed E-state index contributed by atoms with van der Waals surface area (Å²) >= 11 is 0. The maximum atomic E-state index is 5.43. The van der Waals surface area contributed by atoms with Crippen LogP contribution in [0.1, 0.15) is 31.7 Å². The van der Waals surface area contributed by atoms with Crippen LogP contribution in [0.4, 0.5) is 0 Å². The smallest absolute Gasteiger partial charge is 0.0646 e. The van der Waals surface area contributed by atoms with Gasteiger partial charge in [0, 0.05) is 25.2 Å².